The van der Waals surface area contributed by atoms with Gasteiger partial charge < -0.3 is 15.0 Å². The Morgan fingerprint density at radius 2 is 1.73 bits per heavy atom. The lowest BCUT2D eigenvalue weighted by Gasteiger charge is -2.30. The van der Waals surface area contributed by atoms with Gasteiger partial charge in [0.1, 0.15) is 11.0 Å². The number of nitrogens with one attached hydrogen (secondary N) is 2. The average Bonchev–Trinajstić information content (AvgIpc) is 3.44. The number of fused-ring (bicyclic) bond motifs is 2. The third-order valence-corrected chi connectivity index (χ3v) is 9.51. The first kappa shape index (κ1) is 26.4. The van der Waals surface area contributed by atoms with E-state index in [2.05, 4.69) is 10.3 Å². The minimum absolute atomic E-state index is 0.263. The van der Waals surface area contributed by atoms with E-state index < -0.39 is 17.1 Å². The number of amides is 3. The van der Waals surface area contributed by atoms with Crippen molar-refractivity contribution in [3.63, 3.8) is 0 Å². The Bertz CT molecular complexity index is 1680. The Balaban J connectivity index is 1.33. The third-order valence-electron chi connectivity index (χ3n) is 6.86. The molecule has 11 heteroatoms. The second kappa shape index (κ2) is 10.6. The first-order chi connectivity index (χ1) is 19.3. The van der Waals surface area contributed by atoms with Crippen LogP contribution in [0.5, 0.6) is 5.75 Å². The van der Waals surface area contributed by atoms with Crippen molar-refractivity contribution in [1.82, 2.24) is 4.98 Å². The molecular weight excluding hydrogens is 570 g/mol. The first-order valence-corrected chi connectivity index (χ1v) is 14.5. The molecule has 1 fully saturated rings. The highest BCUT2D eigenvalue weighted by atomic mass is 35.5. The summed E-state index contributed by atoms with van der Waals surface area (Å²) in [6.07, 6.45) is 0. The van der Waals surface area contributed by atoms with Crippen LogP contribution in [0.1, 0.15) is 21.9 Å². The number of thioether (sulfide) groups is 1. The Morgan fingerprint density at radius 3 is 2.48 bits per heavy atom. The van der Waals surface area contributed by atoms with Crippen LogP contribution in [0.4, 0.5) is 11.4 Å². The molecule has 3 amide bonds. The zero-order valence-electron chi connectivity index (χ0n) is 21.1. The maximum atomic E-state index is 13.9. The number of anilines is 2. The van der Waals surface area contributed by atoms with Crippen LogP contribution in [0, 0.1) is 12.8 Å². The zero-order valence-corrected chi connectivity index (χ0v) is 23.4. The number of benzene rings is 3. The van der Waals surface area contributed by atoms with E-state index in [0.29, 0.717) is 37.6 Å². The van der Waals surface area contributed by atoms with Crippen molar-refractivity contribution >= 4 is 63.8 Å². The van der Waals surface area contributed by atoms with E-state index in [9.17, 15) is 19.2 Å². The number of rotatable bonds is 6. The van der Waals surface area contributed by atoms with E-state index in [-0.39, 0.29) is 29.2 Å². The largest absolute Gasteiger partial charge is 0.483 e. The van der Waals surface area contributed by atoms with Gasteiger partial charge >= 0.3 is 4.87 Å². The van der Waals surface area contributed by atoms with Crippen molar-refractivity contribution < 1.29 is 19.1 Å². The summed E-state index contributed by atoms with van der Waals surface area (Å²) in [6.45, 7) is 1.70. The van der Waals surface area contributed by atoms with Gasteiger partial charge in [0, 0.05) is 27.1 Å². The average molecular weight is 592 g/mol. The van der Waals surface area contributed by atoms with Crippen molar-refractivity contribution in [3.05, 3.63) is 103 Å². The monoisotopic (exact) mass is 591 g/mol. The Morgan fingerprint density at radius 1 is 1.00 bits per heavy atom. The van der Waals surface area contributed by atoms with Gasteiger partial charge in [0.2, 0.25) is 11.8 Å². The fraction of sp³-hybridized carbons (Fsp3) is 0.172. The SMILES string of the molecule is Cc1ccc(NC(=O)COc2ccccc2C2c3sc(=O)[nH]c3SC3C(=O)N(c4ccc(Cl)cc4)C(=O)C32)cc1. The number of para-hydroxylation sites is 1. The lowest BCUT2D eigenvalue weighted by atomic mass is 9.82. The smallest absolute Gasteiger partial charge is 0.305 e. The van der Waals surface area contributed by atoms with E-state index in [1.54, 1.807) is 42.5 Å². The summed E-state index contributed by atoms with van der Waals surface area (Å²) in [7, 11) is 0. The highest BCUT2D eigenvalue weighted by Crippen LogP contribution is 2.54. The van der Waals surface area contributed by atoms with Crippen LogP contribution < -0.4 is 19.8 Å². The topological polar surface area (TPSA) is 109 Å². The summed E-state index contributed by atoms with van der Waals surface area (Å²) in [6, 6.07) is 21.1. The van der Waals surface area contributed by atoms with Gasteiger partial charge in [-0.2, -0.15) is 0 Å². The number of aryl methyl sites for hydroxylation is 1. The van der Waals surface area contributed by atoms with Crippen LogP contribution in [-0.4, -0.2) is 34.6 Å². The van der Waals surface area contributed by atoms with E-state index in [0.717, 1.165) is 16.9 Å². The molecule has 1 aromatic heterocycles. The minimum Gasteiger partial charge on any atom is -0.483 e. The molecule has 0 saturated carbocycles. The Hall–Kier alpha value is -3.86. The van der Waals surface area contributed by atoms with Crippen LogP contribution in [0.25, 0.3) is 0 Å². The number of halogens is 1. The van der Waals surface area contributed by atoms with Crippen LogP contribution in [0.3, 0.4) is 0 Å². The molecule has 2 N–H and O–H groups in total. The normalized spacial score (nSPS) is 19.8. The number of aromatic amines is 1. The number of carbonyl (C=O) groups excluding carboxylic acids is 3. The highest BCUT2D eigenvalue weighted by molar-refractivity contribution is 8.00. The van der Waals surface area contributed by atoms with Crippen molar-refractivity contribution in [2.45, 2.75) is 23.1 Å². The second-order valence-electron chi connectivity index (χ2n) is 9.48. The highest BCUT2D eigenvalue weighted by Gasteiger charge is 2.56. The number of nitrogens with zero attached hydrogens (tertiary/aromatic N) is 1. The fourth-order valence-electron chi connectivity index (χ4n) is 5.04. The first-order valence-electron chi connectivity index (χ1n) is 12.4. The Kier molecular flexibility index (Phi) is 6.99. The number of H-pyrrole nitrogens is 1. The predicted octanol–water partition coefficient (Wildman–Crippen LogP) is 5.21. The molecule has 4 aromatic rings. The van der Waals surface area contributed by atoms with Crippen LogP contribution in [0.2, 0.25) is 5.02 Å². The molecule has 0 spiro atoms. The van der Waals surface area contributed by atoms with Gasteiger partial charge in [-0.15, -0.1) is 0 Å². The number of ether oxygens (including phenoxy) is 1. The Labute approximate surface area is 242 Å². The summed E-state index contributed by atoms with van der Waals surface area (Å²) in [4.78, 5) is 57.0. The third kappa shape index (κ3) is 4.83. The standard InChI is InChI=1S/C29H22ClN3O5S2/c1-15-6-10-17(11-7-15)31-21(34)14-38-20-5-3-2-4-19(20)22-23-25(39-26-24(22)40-29(37)32-26)28(36)33(27(23)35)18-12-8-16(30)9-13-18/h2-13,22-23,25H,14H2,1H3,(H,31,34)(H,32,37). The van der Waals surface area contributed by atoms with E-state index >= 15 is 0 Å². The molecule has 40 heavy (non-hydrogen) atoms. The van der Waals surface area contributed by atoms with Crippen LogP contribution in [-0.2, 0) is 14.4 Å². The molecule has 0 radical (unpaired) electrons. The maximum Gasteiger partial charge on any atom is 0.305 e. The summed E-state index contributed by atoms with van der Waals surface area (Å²) < 4.78 is 5.98. The molecule has 8 nitrogen and oxygen atoms in total. The summed E-state index contributed by atoms with van der Waals surface area (Å²) in [5, 5.41) is 3.12. The van der Waals surface area contributed by atoms with Gasteiger partial charge in [0.25, 0.3) is 5.91 Å². The van der Waals surface area contributed by atoms with Gasteiger partial charge in [0.05, 0.1) is 16.6 Å². The maximum absolute atomic E-state index is 13.9. The van der Waals surface area contributed by atoms with Gasteiger partial charge in [-0.05, 0) is 49.4 Å². The molecule has 2 aliphatic heterocycles. The molecule has 3 aromatic carbocycles. The molecule has 6 rings (SSSR count). The number of carbonyl (C=O) groups is 3. The number of thiazole rings is 1. The van der Waals surface area contributed by atoms with Gasteiger partial charge in [-0.1, -0.05) is 70.6 Å². The molecule has 0 aliphatic carbocycles. The van der Waals surface area contributed by atoms with E-state index in [1.165, 1.54) is 16.7 Å². The summed E-state index contributed by atoms with van der Waals surface area (Å²) >= 11 is 8.24. The summed E-state index contributed by atoms with van der Waals surface area (Å²) in [5.74, 6) is -2.08. The molecule has 2 aliphatic rings. The van der Waals surface area contributed by atoms with Crippen molar-refractivity contribution in [1.29, 1.82) is 0 Å². The summed E-state index contributed by atoms with van der Waals surface area (Å²) in [5.41, 5.74) is 2.78. The quantitative estimate of drug-likeness (QED) is 0.298. The minimum atomic E-state index is -0.779. The lowest BCUT2D eigenvalue weighted by Crippen LogP contribution is -2.32. The lowest BCUT2D eigenvalue weighted by molar-refractivity contribution is -0.122. The van der Waals surface area contributed by atoms with E-state index in [1.807, 2.05) is 37.3 Å². The number of hydrogen-bond acceptors (Lipinski definition) is 7. The predicted molar refractivity (Wildman–Crippen MR) is 156 cm³/mol. The molecule has 3 unspecified atom stereocenters. The van der Waals surface area contributed by atoms with Crippen LogP contribution >= 0.6 is 34.7 Å². The molecule has 202 valence electrons. The molecule has 3 heterocycles. The number of hydrogen-bond donors (Lipinski definition) is 2. The van der Waals surface area contributed by atoms with Gasteiger partial charge in [0.15, 0.2) is 6.61 Å². The molecular formula is C29H22ClN3O5S2. The van der Waals surface area contributed by atoms with Crippen molar-refractivity contribution in [2.75, 3.05) is 16.8 Å². The van der Waals surface area contributed by atoms with Crippen molar-refractivity contribution in [3.8, 4) is 5.75 Å². The molecule has 0 bridgehead atoms. The van der Waals surface area contributed by atoms with E-state index in [4.69, 9.17) is 16.3 Å². The second-order valence-corrected chi connectivity index (χ2v) is 12.1. The van der Waals surface area contributed by atoms with Crippen LogP contribution in [0.15, 0.2) is 82.6 Å². The number of imide groups is 1. The number of aromatic nitrogens is 1. The van der Waals surface area contributed by atoms with Gasteiger partial charge in [-0.3, -0.25) is 19.2 Å². The zero-order chi connectivity index (χ0) is 28.0. The fourth-order valence-corrected chi connectivity index (χ4v) is 7.68. The molecule has 1 saturated heterocycles. The van der Waals surface area contributed by atoms with Gasteiger partial charge in [-0.25, -0.2) is 4.90 Å². The molecule has 3 atom stereocenters. The van der Waals surface area contributed by atoms with Crippen molar-refractivity contribution in [2.24, 2.45) is 5.92 Å².